The van der Waals surface area contributed by atoms with Crippen LogP contribution in [-0.4, -0.2) is 17.6 Å². The molecule has 0 saturated carbocycles. The molecule has 7 rings (SSSR count). The molecule has 1 N–H and O–H groups in total. The number of ether oxygens (including phenoxy) is 2. The maximum Gasteiger partial charge on any atom is 0.231 e. The van der Waals surface area contributed by atoms with Gasteiger partial charge in [0.15, 0.2) is 0 Å². The smallest absolute Gasteiger partial charge is 0.231 e. The SMILES string of the molecule is O=C1C(CCC(O)c2ccc(F)cc2)CN1c1ccccc1.c1ccc(COc2cccc(-c3cccc(OCc4ccccc4)c3)c2)cc1. The van der Waals surface area contributed by atoms with Crippen molar-refractivity contribution in [3.63, 3.8) is 0 Å². The predicted octanol–water partition coefficient (Wildman–Crippen LogP) is 9.81. The first-order chi connectivity index (χ1) is 24.5. The molecule has 0 bridgehead atoms. The predicted molar refractivity (Wildman–Crippen MR) is 196 cm³/mol. The second-order valence-electron chi connectivity index (χ2n) is 12.2. The van der Waals surface area contributed by atoms with Crippen molar-refractivity contribution in [3.05, 3.63) is 186 Å². The van der Waals surface area contributed by atoms with E-state index in [0.29, 0.717) is 38.2 Å². The molecule has 1 heterocycles. The topological polar surface area (TPSA) is 59.0 Å². The van der Waals surface area contributed by atoms with E-state index in [1.165, 1.54) is 12.1 Å². The molecule has 252 valence electrons. The van der Waals surface area contributed by atoms with Gasteiger partial charge in [-0.2, -0.15) is 0 Å². The van der Waals surface area contributed by atoms with Crippen LogP contribution < -0.4 is 14.4 Å². The first kappa shape index (κ1) is 34.2. The molecule has 0 aromatic heterocycles. The summed E-state index contributed by atoms with van der Waals surface area (Å²) < 4.78 is 24.8. The summed E-state index contributed by atoms with van der Waals surface area (Å²) >= 11 is 0. The van der Waals surface area contributed by atoms with Crippen LogP contribution in [0.5, 0.6) is 11.5 Å². The number of rotatable bonds is 12. The highest BCUT2D eigenvalue weighted by Gasteiger charge is 2.37. The van der Waals surface area contributed by atoms with E-state index < -0.39 is 6.10 Å². The van der Waals surface area contributed by atoms with Crippen molar-refractivity contribution in [3.8, 4) is 22.6 Å². The summed E-state index contributed by atoms with van der Waals surface area (Å²) in [7, 11) is 0. The number of aliphatic hydroxyl groups is 1. The number of amides is 1. The number of para-hydroxylation sites is 1. The Balaban J connectivity index is 0.000000178. The third kappa shape index (κ3) is 9.46. The number of hydrogen-bond acceptors (Lipinski definition) is 4. The Labute approximate surface area is 293 Å². The van der Waals surface area contributed by atoms with Crippen molar-refractivity contribution >= 4 is 11.6 Å². The van der Waals surface area contributed by atoms with Gasteiger partial charge < -0.3 is 19.5 Å². The third-order valence-corrected chi connectivity index (χ3v) is 8.63. The number of β-lactam (4-membered cyclic amide) rings is 1. The van der Waals surface area contributed by atoms with Gasteiger partial charge in [-0.1, -0.05) is 115 Å². The van der Waals surface area contributed by atoms with E-state index in [4.69, 9.17) is 9.47 Å². The lowest BCUT2D eigenvalue weighted by molar-refractivity contribution is -0.127. The van der Waals surface area contributed by atoms with Crippen molar-refractivity contribution in [1.82, 2.24) is 0 Å². The molecular formula is C44H40FNO4. The van der Waals surface area contributed by atoms with Gasteiger partial charge in [-0.05, 0) is 89.2 Å². The van der Waals surface area contributed by atoms with Crippen LogP contribution in [0.2, 0.25) is 0 Å². The summed E-state index contributed by atoms with van der Waals surface area (Å²) in [4.78, 5) is 13.9. The van der Waals surface area contributed by atoms with Crippen LogP contribution in [0.1, 0.15) is 35.6 Å². The number of benzene rings is 6. The Kier molecular flexibility index (Phi) is 11.7. The summed E-state index contributed by atoms with van der Waals surface area (Å²) in [6.07, 6.45) is 0.491. The van der Waals surface area contributed by atoms with Gasteiger partial charge >= 0.3 is 0 Å². The zero-order valence-electron chi connectivity index (χ0n) is 27.8. The van der Waals surface area contributed by atoms with Crippen molar-refractivity contribution in [2.75, 3.05) is 11.4 Å². The highest BCUT2D eigenvalue weighted by atomic mass is 19.1. The maximum absolute atomic E-state index is 12.9. The van der Waals surface area contributed by atoms with E-state index in [2.05, 4.69) is 48.5 Å². The zero-order valence-corrected chi connectivity index (χ0v) is 27.8. The highest BCUT2D eigenvalue weighted by molar-refractivity contribution is 6.01. The minimum Gasteiger partial charge on any atom is -0.489 e. The molecular weight excluding hydrogens is 625 g/mol. The van der Waals surface area contributed by atoms with Gasteiger partial charge in [0.05, 0.1) is 12.0 Å². The molecule has 6 heteroatoms. The fourth-order valence-corrected chi connectivity index (χ4v) is 5.78. The van der Waals surface area contributed by atoms with Gasteiger partial charge in [-0.15, -0.1) is 0 Å². The van der Waals surface area contributed by atoms with E-state index in [-0.39, 0.29) is 17.6 Å². The van der Waals surface area contributed by atoms with Crippen LogP contribution in [0.15, 0.2) is 164 Å². The Hall–Kier alpha value is -5.72. The fourth-order valence-electron chi connectivity index (χ4n) is 5.78. The minimum absolute atomic E-state index is 0.0321. The summed E-state index contributed by atoms with van der Waals surface area (Å²) in [5, 5.41) is 10.1. The second-order valence-corrected chi connectivity index (χ2v) is 12.2. The molecule has 2 unspecified atom stereocenters. The fraction of sp³-hybridized carbons (Fsp3) is 0.159. The Morgan fingerprint density at radius 2 is 1.14 bits per heavy atom. The van der Waals surface area contributed by atoms with Gasteiger partial charge in [-0.3, -0.25) is 4.79 Å². The van der Waals surface area contributed by atoms with E-state index >= 15 is 0 Å². The lowest BCUT2D eigenvalue weighted by Crippen LogP contribution is -2.52. The average molecular weight is 666 g/mol. The molecule has 0 radical (unpaired) electrons. The van der Waals surface area contributed by atoms with E-state index in [9.17, 15) is 14.3 Å². The van der Waals surface area contributed by atoms with E-state index in [1.807, 2.05) is 91.0 Å². The minimum atomic E-state index is -0.654. The van der Waals surface area contributed by atoms with Crippen molar-refractivity contribution in [1.29, 1.82) is 0 Å². The molecule has 5 nitrogen and oxygen atoms in total. The number of halogens is 1. The maximum atomic E-state index is 12.9. The van der Waals surface area contributed by atoms with Gasteiger partial charge in [0.1, 0.15) is 30.5 Å². The molecule has 1 fully saturated rings. The first-order valence-corrected chi connectivity index (χ1v) is 16.9. The van der Waals surface area contributed by atoms with Crippen molar-refractivity contribution < 1.29 is 23.8 Å². The molecule has 1 aliphatic heterocycles. The quantitative estimate of drug-likeness (QED) is 0.132. The van der Waals surface area contributed by atoms with E-state index in [0.717, 1.165) is 39.4 Å². The van der Waals surface area contributed by atoms with Crippen LogP contribution in [0.25, 0.3) is 11.1 Å². The largest absolute Gasteiger partial charge is 0.489 e. The molecule has 6 aromatic rings. The van der Waals surface area contributed by atoms with Crippen LogP contribution >= 0.6 is 0 Å². The Morgan fingerprint density at radius 3 is 1.64 bits per heavy atom. The summed E-state index contributed by atoms with van der Waals surface area (Å²) in [5.74, 6) is 1.48. The molecule has 1 amide bonds. The lowest BCUT2D eigenvalue weighted by atomic mass is 9.90. The number of hydrogen-bond donors (Lipinski definition) is 1. The average Bonchev–Trinajstić information content (AvgIpc) is 3.17. The Morgan fingerprint density at radius 1 is 0.640 bits per heavy atom. The summed E-state index contributed by atoms with van der Waals surface area (Å²) in [6.45, 7) is 1.81. The van der Waals surface area contributed by atoms with Gasteiger partial charge in [0, 0.05) is 12.2 Å². The highest BCUT2D eigenvalue weighted by Crippen LogP contribution is 2.31. The number of carbonyl (C=O) groups is 1. The number of anilines is 1. The van der Waals surface area contributed by atoms with Crippen LogP contribution in [-0.2, 0) is 18.0 Å². The monoisotopic (exact) mass is 665 g/mol. The standard InChI is InChI=1S/C26H22O2.C18H18FNO2/c1-3-9-21(10-4-1)19-27-25-15-7-13-23(17-25)24-14-8-16-26(18-24)28-20-22-11-5-2-6-12-22;19-15-9-6-13(7-10-15)17(21)11-8-14-12-20(18(14)22)16-4-2-1-3-5-16/h1-18H,19-20H2;1-7,9-10,14,17,21H,8,11-12H2. The van der Waals surface area contributed by atoms with Crippen LogP contribution in [0, 0.1) is 11.7 Å². The Bertz CT molecular complexity index is 1850. The van der Waals surface area contributed by atoms with Crippen LogP contribution in [0.3, 0.4) is 0 Å². The molecule has 1 aliphatic rings. The molecule has 6 aromatic carbocycles. The number of carbonyl (C=O) groups excluding carboxylic acids is 1. The lowest BCUT2D eigenvalue weighted by Gasteiger charge is -2.38. The molecule has 0 spiro atoms. The number of aliphatic hydroxyl groups excluding tert-OH is 1. The molecule has 1 saturated heterocycles. The molecule has 50 heavy (non-hydrogen) atoms. The second kappa shape index (κ2) is 17.1. The first-order valence-electron chi connectivity index (χ1n) is 16.9. The molecule has 0 aliphatic carbocycles. The van der Waals surface area contributed by atoms with Crippen LogP contribution in [0.4, 0.5) is 10.1 Å². The number of nitrogens with zero attached hydrogens (tertiary/aromatic N) is 1. The van der Waals surface area contributed by atoms with Crippen molar-refractivity contribution in [2.24, 2.45) is 5.92 Å². The summed E-state index contributed by atoms with van der Waals surface area (Å²) in [5.41, 5.74) is 6.13. The third-order valence-electron chi connectivity index (χ3n) is 8.63. The summed E-state index contributed by atoms with van der Waals surface area (Å²) in [6, 6.07) is 52.1. The van der Waals surface area contributed by atoms with Gasteiger partial charge in [0.25, 0.3) is 0 Å². The van der Waals surface area contributed by atoms with Gasteiger partial charge in [-0.25, -0.2) is 4.39 Å². The van der Waals surface area contributed by atoms with Crippen molar-refractivity contribution in [2.45, 2.75) is 32.2 Å². The van der Waals surface area contributed by atoms with E-state index in [1.54, 1.807) is 17.0 Å². The van der Waals surface area contributed by atoms with Gasteiger partial charge in [0.2, 0.25) is 5.91 Å². The normalized spacial score (nSPS) is 14.2. The zero-order chi connectivity index (χ0) is 34.5. The molecule has 2 atom stereocenters.